The van der Waals surface area contributed by atoms with Crippen LogP contribution in [0.15, 0.2) is 0 Å². The quantitative estimate of drug-likeness (QED) is 0.572. The molecule has 1 heterocycles. The predicted molar refractivity (Wildman–Crippen MR) is 62.7 cm³/mol. The summed E-state index contributed by atoms with van der Waals surface area (Å²) in [5.41, 5.74) is 0.500. The van der Waals surface area contributed by atoms with E-state index in [0.717, 1.165) is 11.8 Å². The van der Waals surface area contributed by atoms with E-state index in [9.17, 15) is 0 Å². The van der Waals surface area contributed by atoms with Crippen LogP contribution in [0.2, 0.25) is 6.82 Å². The standard InChI is InChI=1S/C11H19BO2.CH4/c1-10(2)7-5-8(10)9-11(3,6-7)14-12(4)13-9;/h7-9H,5-6H2,1-4H3;1H4. The second kappa shape index (κ2) is 3.01. The summed E-state index contributed by atoms with van der Waals surface area (Å²) in [5, 5.41) is 0. The fraction of sp³-hybridized carbons (Fsp3) is 1.00. The van der Waals surface area contributed by atoms with Crippen molar-refractivity contribution in [1.29, 1.82) is 0 Å². The zero-order valence-corrected chi connectivity index (χ0v) is 9.54. The van der Waals surface area contributed by atoms with Crippen molar-refractivity contribution in [3.63, 3.8) is 0 Å². The molecule has 1 saturated heterocycles. The Labute approximate surface area is 93.9 Å². The summed E-state index contributed by atoms with van der Waals surface area (Å²) in [5.74, 6) is 1.57. The third-order valence-corrected chi connectivity index (χ3v) is 4.94. The van der Waals surface area contributed by atoms with E-state index in [1.165, 1.54) is 12.8 Å². The van der Waals surface area contributed by atoms with E-state index in [0.29, 0.717) is 11.5 Å². The first-order chi connectivity index (χ1) is 6.43. The summed E-state index contributed by atoms with van der Waals surface area (Å²) in [6.45, 7) is 9.03. The lowest BCUT2D eigenvalue weighted by molar-refractivity contribution is -0.185. The summed E-state index contributed by atoms with van der Waals surface area (Å²) >= 11 is 0. The van der Waals surface area contributed by atoms with Crippen molar-refractivity contribution >= 4 is 7.12 Å². The molecule has 0 spiro atoms. The van der Waals surface area contributed by atoms with Crippen LogP contribution in [0, 0.1) is 17.3 Å². The number of hydrogen-bond acceptors (Lipinski definition) is 2. The Morgan fingerprint density at radius 1 is 1.27 bits per heavy atom. The molecule has 0 radical (unpaired) electrons. The molecule has 0 amide bonds. The van der Waals surface area contributed by atoms with Crippen LogP contribution in [-0.2, 0) is 9.31 Å². The zero-order valence-electron chi connectivity index (χ0n) is 9.54. The van der Waals surface area contributed by atoms with E-state index in [1.54, 1.807) is 0 Å². The topological polar surface area (TPSA) is 18.5 Å². The van der Waals surface area contributed by atoms with Gasteiger partial charge in [0.05, 0.1) is 11.7 Å². The van der Waals surface area contributed by atoms with E-state index in [1.807, 2.05) is 6.82 Å². The van der Waals surface area contributed by atoms with Crippen molar-refractivity contribution in [2.45, 2.75) is 59.6 Å². The Kier molecular flexibility index (Phi) is 2.30. The summed E-state index contributed by atoms with van der Waals surface area (Å²) < 4.78 is 11.9. The molecular formula is C12H23BO2. The normalized spacial score (nSPS) is 50.4. The van der Waals surface area contributed by atoms with E-state index in [2.05, 4.69) is 20.8 Å². The van der Waals surface area contributed by atoms with E-state index >= 15 is 0 Å². The Hall–Kier alpha value is -0.0151. The highest BCUT2D eigenvalue weighted by Gasteiger charge is 2.65. The van der Waals surface area contributed by atoms with Crippen LogP contribution in [0.3, 0.4) is 0 Å². The first-order valence-corrected chi connectivity index (χ1v) is 5.77. The molecule has 4 fully saturated rings. The van der Waals surface area contributed by atoms with Crippen molar-refractivity contribution in [2.24, 2.45) is 17.3 Å². The molecule has 2 nitrogen and oxygen atoms in total. The SMILES string of the molecule is C.CB1OC2C3CC(CC2(C)O1)C3(C)C. The van der Waals surface area contributed by atoms with Crippen molar-refractivity contribution in [2.75, 3.05) is 0 Å². The van der Waals surface area contributed by atoms with Crippen LogP contribution < -0.4 is 0 Å². The highest BCUT2D eigenvalue weighted by Crippen LogP contribution is 2.64. The van der Waals surface area contributed by atoms with Gasteiger partial charge in [-0.05, 0) is 43.8 Å². The molecule has 4 atom stereocenters. The van der Waals surface area contributed by atoms with Gasteiger partial charge in [-0.2, -0.15) is 0 Å². The van der Waals surface area contributed by atoms with Crippen LogP contribution in [0.5, 0.6) is 0 Å². The smallest absolute Gasteiger partial charge is 0.405 e. The van der Waals surface area contributed by atoms with Crippen molar-refractivity contribution in [3.05, 3.63) is 0 Å². The Morgan fingerprint density at radius 2 is 1.93 bits per heavy atom. The summed E-state index contributed by atoms with van der Waals surface area (Å²) in [7, 11) is 0.000139. The molecule has 1 aliphatic heterocycles. The van der Waals surface area contributed by atoms with Crippen LogP contribution >= 0.6 is 0 Å². The molecule has 0 N–H and O–H groups in total. The summed E-state index contributed by atoms with van der Waals surface area (Å²) in [6.07, 6.45) is 2.88. The lowest BCUT2D eigenvalue weighted by Gasteiger charge is -2.63. The van der Waals surface area contributed by atoms with Crippen LogP contribution in [0.4, 0.5) is 0 Å². The van der Waals surface area contributed by atoms with Crippen molar-refractivity contribution < 1.29 is 9.31 Å². The Morgan fingerprint density at radius 3 is 2.53 bits per heavy atom. The van der Waals surface area contributed by atoms with Gasteiger partial charge in [0.1, 0.15) is 0 Å². The fourth-order valence-electron chi connectivity index (χ4n) is 3.91. The average molecular weight is 210 g/mol. The van der Waals surface area contributed by atoms with Crippen LogP contribution in [0.25, 0.3) is 0 Å². The minimum atomic E-state index is 0. The predicted octanol–water partition coefficient (Wildman–Crippen LogP) is 2.98. The highest BCUT2D eigenvalue weighted by molar-refractivity contribution is 6.43. The molecule has 3 heteroatoms. The maximum absolute atomic E-state index is 5.93. The lowest BCUT2D eigenvalue weighted by Crippen LogP contribution is -2.63. The van der Waals surface area contributed by atoms with E-state index in [-0.39, 0.29) is 20.1 Å². The molecule has 4 rings (SSSR count). The third kappa shape index (κ3) is 1.26. The van der Waals surface area contributed by atoms with E-state index in [4.69, 9.17) is 9.31 Å². The molecule has 0 aromatic carbocycles. The first kappa shape index (κ1) is 11.5. The van der Waals surface area contributed by atoms with Crippen LogP contribution in [0.1, 0.15) is 41.0 Å². The maximum Gasteiger partial charge on any atom is 0.454 e. The molecule has 4 unspecified atom stereocenters. The fourth-order valence-corrected chi connectivity index (χ4v) is 3.91. The molecule has 4 aliphatic rings. The number of rotatable bonds is 0. The number of hydrogen-bond donors (Lipinski definition) is 0. The molecular weight excluding hydrogens is 187 g/mol. The Balaban J connectivity index is 0.000000853. The van der Waals surface area contributed by atoms with Crippen molar-refractivity contribution in [3.8, 4) is 0 Å². The lowest BCUT2D eigenvalue weighted by atomic mass is 9.45. The molecule has 15 heavy (non-hydrogen) atoms. The average Bonchev–Trinajstić information content (AvgIpc) is 2.37. The molecule has 0 aromatic heterocycles. The van der Waals surface area contributed by atoms with Gasteiger partial charge in [-0.25, -0.2) is 0 Å². The van der Waals surface area contributed by atoms with Gasteiger partial charge >= 0.3 is 7.12 Å². The van der Waals surface area contributed by atoms with Gasteiger partial charge in [0.15, 0.2) is 0 Å². The minimum Gasteiger partial charge on any atom is -0.405 e. The molecule has 86 valence electrons. The van der Waals surface area contributed by atoms with Gasteiger partial charge in [-0.3, -0.25) is 0 Å². The van der Waals surface area contributed by atoms with Gasteiger partial charge < -0.3 is 9.31 Å². The van der Waals surface area contributed by atoms with Gasteiger partial charge in [-0.1, -0.05) is 21.3 Å². The largest absolute Gasteiger partial charge is 0.454 e. The summed E-state index contributed by atoms with van der Waals surface area (Å²) in [4.78, 5) is 0. The van der Waals surface area contributed by atoms with Gasteiger partial charge in [0.25, 0.3) is 0 Å². The van der Waals surface area contributed by atoms with Gasteiger partial charge in [0.2, 0.25) is 0 Å². The highest BCUT2D eigenvalue weighted by atomic mass is 16.7. The summed E-state index contributed by atoms with van der Waals surface area (Å²) in [6, 6.07) is 0. The second-order valence-electron chi connectivity index (χ2n) is 6.12. The molecule has 2 bridgehead atoms. The van der Waals surface area contributed by atoms with E-state index < -0.39 is 0 Å². The Bertz CT molecular complexity index is 279. The van der Waals surface area contributed by atoms with Crippen LogP contribution in [-0.4, -0.2) is 18.8 Å². The molecule has 0 aromatic rings. The molecule has 3 saturated carbocycles. The van der Waals surface area contributed by atoms with Gasteiger partial charge in [-0.15, -0.1) is 0 Å². The van der Waals surface area contributed by atoms with Crippen molar-refractivity contribution in [1.82, 2.24) is 0 Å². The zero-order chi connectivity index (χ0) is 10.1. The first-order valence-electron chi connectivity index (χ1n) is 5.77. The maximum atomic E-state index is 5.93. The van der Waals surface area contributed by atoms with Gasteiger partial charge in [0, 0.05) is 0 Å². The molecule has 3 aliphatic carbocycles. The monoisotopic (exact) mass is 210 g/mol. The third-order valence-electron chi connectivity index (χ3n) is 4.94. The minimum absolute atomic E-state index is 0. The second-order valence-corrected chi connectivity index (χ2v) is 6.12.